The number of hydrogen-bond donors (Lipinski definition) is 1. The first-order valence-electron chi connectivity index (χ1n) is 9.22. The molecule has 23 heavy (non-hydrogen) atoms. The number of carbonyl (C=O) groups excluding carboxylic acids is 1. The summed E-state index contributed by atoms with van der Waals surface area (Å²) in [6, 6.07) is 0.567. The standard InChI is InChI=1S/C19H38N2O2/c1-15(2)18(4,5)10-8-14-23-19(6,7)17(22)20-11-9-16(3)21-12-13-21/h15-16H,8-14H2,1-7H3,(H,20,22). The van der Waals surface area contributed by atoms with Crippen molar-refractivity contribution in [2.75, 3.05) is 26.2 Å². The number of amides is 1. The molecule has 1 fully saturated rings. The molecule has 0 spiro atoms. The van der Waals surface area contributed by atoms with Crippen LogP contribution < -0.4 is 5.32 Å². The average molecular weight is 327 g/mol. The summed E-state index contributed by atoms with van der Waals surface area (Å²) < 4.78 is 5.86. The first-order chi connectivity index (χ1) is 10.6. The van der Waals surface area contributed by atoms with E-state index in [1.165, 1.54) is 13.1 Å². The first kappa shape index (κ1) is 20.4. The van der Waals surface area contributed by atoms with E-state index in [1.807, 2.05) is 13.8 Å². The predicted molar refractivity (Wildman–Crippen MR) is 96.5 cm³/mol. The fraction of sp³-hybridized carbons (Fsp3) is 0.947. The molecule has 1 saturated heterocycles. The van der Waals surface area contributed by atoms with Gasteiger partial charge in [-0.1, -0.05) is 27.7 Å². The number of rotatable bonds is 11. The summed E-state index contributed by atoms with van der Waals surface area (Å²) in [6.45, 7) is 18.8. The van der Waals surface area contributed by atoms with E-state index in [9.17, 15) is 4.79 Å². The summed E-state index contributed by atoms with van der Waals surface area (Å²) in [4.78, 5) is 14.7. The van der Waals surface area contributed by atoms with E-state index in [2.05, 4.69) is 44.8 Å². The smallest absolute Gasteiger partial charge is 0.251 e. The molecular formula is C19H38N2O2. The lowest BCUT2D eigenvalue weighted by Crippen LogP contribution is -2.45. The lowest BCUT2D eigenvalue weighted by molar-refractivity contribution is -0.143. The van der Waals surface area contributed by atoms with Gasteiger partial charge >= 0.3 is 0 Å². The molecule has 0 aromatic carbocycles. The first-order valence-corrected chi connectivity index (χ1v) is 9.22. The SMILES string of the molecule is CC(CCNC(=O)C(C)(C)OCCCC(C)(C)C(C)C)N1CC1. The van der Waals surface area contributed by atoms with Crippen molar-refractivity contribution in [1.29, 1.82) is 0 Å². The molecule has 0 aromatic heterocycles. The number of hydrogen-bond acceptors (Lipinski definition) is 3. The van der Waals surface area contributed by atoms with Crippen molar-refractivity contribution in [1.82, 2.24) is 10.2 Å². The summed E-state index contributed by atoms with van der Waals surface area (Å²) in [5.74, 6) is 0.654. The maximum Gasteiger partial charge on any atom is 0.251 e. The molecule has 0 radical (unpaired) electrons. The van der Waals surface area contributed by atoms with Gasteiger partial charge in [-0.2, -0.15) is 0 Å². The van der Waals surface area contributed by atoms with E-state index in [0.717, 1.165) is 25.8 Å². The van der Waals surface area contributed by atoms with Crippen LogP contribution in [0.1, 0.15) is 67.7 Å². The Morgan fingerprint density at radius 1 is 1.17 bits per heavy atom. The molecule has 1 rings (SSSR count). The molecule has 136 valence electrons. The lowest BCUT2D eigenvalue weighted by atomic mass is 9.77. The maximum atomic E-state index is 12.3. The van der Waals surface area contributed by atoms with Crippen LogP contribution in [0.2, 0.25) is 0 Å². The molecule has 1 aliphatic rings. The van der Waals surface area contributed by atoms with E-state index in [4.69, 9.17) is 4.74 Å². The topological polar surface area (TPSA) is 41.3 Å². The van der Waals surface area contributed by atoms with E-state index < -0.39 is 5.60 Å². The zero-order valence-electron chi connectivity index (χ0n) is 16.4. The largest absolute Gasteiger partial charge is 0.366 e. The van der Waals surface area contributed by atoms with Crippen LogP contribution in [0.4, 0.5) is 0 Å². The van der Waals surface area contributed by atoms with Crippen molar-refractivity contribution in [3.8, 4) is 0 Å². The highest BCUT2D eigenvalue weighted by Crippen LogP contribution is 2.31. The van der Waals surface area contributed by atoms with E-state index >= 15 is 0 Å². The third kappa shape index (κ3) is 7.21. The molecule has 0 aliphatic carbocycles. The predicted octanol–water partition coefficient (Wildman–Crippen LogP) is 3.45. The molecule has 4 heteroatoms. The molecule has 1 amide bonds. The zero-order valence-corrected chi connectivity index (χ0v) is 16.4. The second-order valence-electron chi connectivity index (χ2n) is 8.54. The molecular weight excluding hydrogens is 288 g/mol. The van der Waals surface area contributed by atoms with Crippen molar-refractivity contribution in [2.45, 2.75) is 79.4 Å². The van der Waals surface area contributed by atoms with Crippen molar-refractivity contribution >= 4 is 5.91 Å². The molecule has 0 saturated carbocycles. The van der Waals surface area contributed by atoms with Crippen molar-refractivity contribution in [3.63, 3.8) is 0 Å². The Balaban J connectivity index is 2.21. The van der Waals surface area contributed by atoms with Crippen LogP contribution in [0.3, 0.4) is 0 Å². The van der Waals surface area contributed by atoms with Gasteiger partial charge in [0.05, 0.1) is 0 Å². The highest BCUT2D eigenvalue weighted by atomic mass is 16.5. The van der Waals surface area contributed by atoms with E-state index in [-0.39, 0.29) is 5.91 Å². The fourth-order valence-electron chi connectivity index (χ4n) is 2.50. The summed E-state index contributed by atoms with van der Waals surface area (Å²) in [5, 5.41) is 3.02. The normalized spacial score (nSPS) is 17.4. The van der Waals surface area contributed by atoms with Crippen LogP contribution in [0.25, 0.3) is 0 Å². The third-order valence-electron chi connectivity index (χ3n) is 5.49. The van der Waals surface area contributed by atoms with E-state index in [1.54, 1.807) is 0 Å². The second-order valence-corrected chi connectivity index (χ2v) is 8.54. The van der Waals surface area contributed by atoms with Crippen molar-refractivity contribution in [2.24, 2.45) is 11.3 Å². The molecule has 0 bridgehead atoms. The van der Waals surface area contributed by atoms with Gasteiger partial charge in [-0.15, -0.1) is 0 Å². The molecule has 4 nitrogen and oxygen atoms in total. The van der Waals surface area contributed by atoms with E-state index in [0.29, 0.717) is 24.0 Å². The molecule has 1 heterocycles. The molecule has 1 atom stereocenters. The minimum atomic E-state index is -0.745. The molecule has 1 aliphatic heterocycles. The van der Waals surface area contributed by atoms with Gasteiger partial charge in [-0.3, -0.25) is 9.69 Å². The van der Waals surface area contributed by atoms with Gasteiger partial charge in [0.25, 0.3) is 5.91 Å². The molecule has 0 aromatic rings. The maximum absolute atomic E-state index is 12.3. The number of ether oxygens (including phenoxy) is 1. The zero-order chi connectivity index (χ0) is 17.7. The van der Waals surface area contributed by atoms with Crippen molar-refractivity contribution in [3.05, 3.63) is 0 Å². The number of carbonyl (C=O) groups is 1. The van der Waals surface area contributed by atoms with Crippen LogP contribution in [-0.4, -0.2) is 48.7 Å². The second kappa shape index (κ2) is 8.48. The van der Waals surface area contributed by atoms with Gasteiger partial charge < -0.3 is 10.1 Å². The quantitative estimate of drug-likeness (QED) is 0.467. The summed E-state index contributed by atoms with van der Waals surface area (Å²) >= 11 is 0. The van der Waals surface area contributed by atoms with Gasteiger partial charge in [0.15, 0.2) is 0 Å². The van der Waals surface area contributed by atoms with Gasteiger partial charge in [-0.05, 0) is 51.4 Å². The molecule has 1 unspecified atom stereocenters. The van der Waals surface area contributed by atoms with Gasteiger partial charge in [0, 0.05) is 32.3 Å². The fourth-order valence-corrected chi connectivity index (χ4v) is 2.50. The number of nitrogens with one attached hydrogen (secondary N) is 1. The lowest BCUT2D eigenvalue weighted by Gasteiger charge is -2.30. The van der Waals surface area contributed by atoms with Gasteiger partial charge in [0.2, 0.25) is 0 Å². The van der Waals surface area contributed by atoms with Crippen molar-refractivity contribution < 1.29 is 9.53 Å². The Labute approximate surface area is 143 Å². The summed E-state index contributed by atoms with van der Waals surface area (Å²) in [5.41, 5.74) is -0.422. The monoisotopic (exact) mass is 326 g/mol. The number of nitrogens with zero attached hydrogens (tertiary/aromatic N) is 1. The summed E-state index contributed by atoms with van der Waals surface area (Å²) in [6.07, 6.45) is 3.12. The Kier molecular flexibility index (Phi) is 7.53. The average Bonchev–Trinajstić information content (AvgIpc) is 3.27. The van der Waals surface area contributed by atoms with Crippen LogP contribution in [0, 0.1) is 11.3 Å². The Bertz CT molecular complexity index is 374. The third-order valence-corrected chi connectivity index (χ3v) is 5.49. The van der Waals surface area contributed by atoms with Crippen LogP contribution in [-0.2, 0) is 9.53 Å². The van der Waals surface area contributed by atoms with Crippen LogP contribution >= 0.6 is 0 Å². The van der Waals surface area contributed by atoms with Crippen LogP contribution in [0.5, 0.6) is 0 Å². The van der Waals surface area contributed by atoms with Gasteiger partial charge in [-0.25, -0.2) is 0 Å². The molecule has 1 N–H and O–H groups in total. The minimum absolute atomic E-state index is 0.00128. The highest BCUT2D eigenvalue weighted by molar-refractivity contribution is 5.84. The van der Waals surface area contributed by atoms with Crippen LogP contribution in [0.15, 0.2) is 0 Å². The Hall–Kier alpha value is -0.610. The minimum Gasteiger partial charge on any atom is -0.366 e. The van der Waals surface area contributed by atoms with Gasteiger partial charge in [0.1, 0.15) is 5.60 Å². The summed E-state index contributed by atoms with van der Waals surface area (Å²) in [7, 11) is 0. The Morgan fingerprint density at radius 2 is 1.78 bits per heavy atom. The Morgan fingerprint density at radius 3 is 2.30 bits per heavy atom. The highest BCUT2D eigenvalue weighted by Gasteiger charge is 2.29.